The van der Waals surface area contributed by atoms with E-state index in [0.29, 0.717) is 10.5 Å². The molecule has 4 aromatic heterocycles. The van der Waals surface area contributed by atoms with Gasteiger partial charge in [0.2, 0.25) is 5.95 Å². The zero-order valence-electron chi connectivity index (χ0n) is 23.5. The van der Waals surface area contributed by atoms with Gasteiger partial charge in [0.1, 0.15) is 41.3 Å². The maximum atomic E-state index is 13.3. The van der Waals surface area contributed by atoms with Gasteiger partial charge in [0.25, 0.3) is 5.56 Å². The molecular formula is C22H27N9O12P2S. The summed E-state index contributed by atoms with van der Waals surface area (Å²) in [4.78, 5) is 56.9. The molecule has 1 saturated carbocycles. The molecule has 3 aliphatic rings. The van der Waals surface area contributed by atoms with Crippen molar-refractivity contribution < 1.29 is 52.0 Å². The fourth-order valence-corrected chi connectivity index (χ4v) is 8.41. The highest BCUT2D eigenvalue weighted by molar-refractivity contribution is 7.98. The van der Waals surface area contributed by atoms with Crippen molar-refractivity contribution in [2.75, 3.05) is 25.2 Å². The number of nitrogens with one attached hydrogen (secondary N) is 1. The molecule has 21 nitrogen and oxygen atoms in total. The Labute approximate surface area is 261 Å². The van der Waals surface area contributed by atoms with E-state index in [4.69, 9.17) is 28.6 Å². The molecule has 10 atom stereocenters. The van der Waals surface area contributed by atoms with Crippen LogP contribution in [-0.2, 0) is 32.0 Å². The molecule has 6 unspecified atom stereocenters. The number of aliphatic hydroxyl groups excluding tert-OH is 2. The zero-order valence-corrected chi connectivity index (χ0v) is 26.1. The number of phosphoric acid groups is 2. The van der Waals surface area contributed by atoms with Crippen LogP contribution in [0.5, 0.6) is 0 Å². The monoisotopic (exact) mass is 703 g/mol. The average molecular weight is 704 g/mol. The Morgan fingerprint density at radius 1 is 0.957 bits per heavy atom. The van der Waals surface area contributed by atoms with Gasteiger partial charge < -0.3 is 35.0 Å². The number of hydrogen-bond donors (Lipinski definition) is 6. The van der Waals surface area contributed by atoms with Gasteiger partial charge in [-0.25, -0.2) is 29.1 Å². The van der Waals surface area contributed by atoms with E-state index in [9.17, 15) is 33.9 Å². The fraction of sp³-hybridized carbons (Fsp3) is 0.545. The summed E-state index contributed by atoms with van der Waals surface area (Å²) >= 11 is 1.32. The average Bonchev–Trinajstić information content (AvgIpc) is 3.76. The van der Waals surface area contributed by atoms with Gasteiger partial charge in [0.05, 0.1) is 38.0 Å². The summed E-state index contributed by atoms with van der Waals surface area (Å²) in [5.74, 6) is -1.19. The summed E-state index contributed by atoms with van der Waals surface area (Å²) in [5.41, 5.74) is 5.67. The standard InChI is InChI=1S/C22H27N9O12P2S/c1-46-20-12-17(24-5-25-20)31(7-27-12)21-14(33)16-10(41-21)4-40-45(37,38)42-15-9(2-8(13(15)32)3-39-44(35,36)43-16)30-6-26-11-18(30)28-22(23)29-19(11)34/h5-10,13-16,21,32-33H,2-4H2,1H3,(H,35,36)(H,37,38)(H3,23,28,29,34)/t8-,9-,10-,13?,14?,15?,16?,21-/m1/s1. The number of nitrogens with zero attached hydrogens (tertiary/aromatic N) is 7. The molecule has 0 radical (unpaired) electrons. The predicted molar refractivity (Wildman–Crippen MR) is 154 cm³/mol. The van der Waals surface area contributed by atoms with Crippen LogP contribution in [0.3, 0.4) is 0 Å². The minimum Gasteiger partial charge on any atom is -0.390 e. The van der Waals surface area contributed by atoms with Crippen LogP contribution in [0.15, 0.2) is 28.8 Å². The first kappa shape index (κ1) is 31.7. The van der Waals surface area contributed by atoms with Gasteiger partial charge in [-0.05, 0) is 12.7 Å². The van der Waals surface area contributed by atoms with E-state index in [1.807, 2.05) is 0 Å². The molecule has 248 valence electrons. The molecule has 0 spiro atoms. The van der Waals surface area contributed by atoms with E-state index in [-0.39, 0.29) is 29.2 Å². The van der Waals surface area contributed by atoms with Crippen molar-refractivity contribution in [3.05, 3.63) is 29.3 Å². The molecule has 7 N–H and O–H groups in total. The van der Waals surface area contributed by atoms with E-state index in [2.05, 4.69) is 29.9 Å². The number of aromatic nitrogens is 8. The van der Waals surface area contributed by atoms with E-state index in [0.717, 1.165) is 0 Å². The van der Waals surface area contributed by atoms with Gasteiger partial charge >= 0.3 is 15.6 Å². The highest BCUT2D eigenvalue weighted by atomic mass is 32.2. The number of nitrogens with two attached hydrogens (primary N) is 1. The maximum absolute atomic E-state index is 13.3. The van der Waals surface area contributed by atoms with Crippen LogP contribution in [0.25, 0.3) is 22.3 Å². The molecule has 46 heavy (non-hydrogen) atoms. The summed E-state index contributed by atoms with van der Waals surface area (Å²) in [6.45, 7) is -1.36. The van der Waals surface area contributed by atoms with Crippen LogP contribution >= 0.6 is 27.4 Å². The van der Waals surface area contributed by atoms with Crippen molar-refractivity contribution in [3.63, 3.8) is 0 Å². The Morgan fingerprint density at radius 3 is 2.41 bits per heavy atom. The second kappa shape index (κ2) is 11.7. The summed E-state index contributed by atoms with van der Waals surface area (Å²) in [6, 6.07) is -0.988. The number of H-pyrrole nitrogens is 1. The van der Waals surface area contributed by atoms with E-state index < -0.39 is 83.1 Å². The number of thioether (sulfide) groups is 1. The normalized spacial score (nSPS) is 37.2. The fourth-order valence-electron chi connectivity index (χ4n) is 5.94. The minimum absolute atomic E-state index is 0.00348. The van der Waals surface area contributed by atoms with Crippen LogP contribution in [0.1, 0.15) is 18.7 Å². The van der Waals surface area contributed by atoms with Gasteiger partial charge in [-0.2, -0.15) is 4.98 Å². The van der Waals surface area contributed by atoms with Gasteiger partial charge in [-0.1, -0.05) is 0 Å². The number of anilines is 1. The summed E-state index contributed by atoms with van der Waals surface area (Å²) in [6.07, 6.45) is -3.40. The van der Waals surface area contributed by atoms with Crippen LogP contribution in [-0.4, -0.2) is 109 Å². The molecule has 7 rings (SSSR count). The number of ether oxygens (including phenoxy) is 1. The number of hydrogen-bond acceptors (Lipinski definition) is 17. The van der Waals surface area contributed by atoms with E-state index >= 15 is 0 Å². The third-order valence-electron chi connectivity index (χ3n) is 8.02. The number of fused-ring (bicyclic) bond motifs is 5. The lowest BCUT2D eigenvalue weighted by Gasteiger charge is -2.26. The molecule has 0 aromatic carbocycles. The molecular weight excluding hydrogens is 676 g/mol. The summed E-state index contributed by atoms with van der Waals surface area (Å²) in [7, 11) is -10.00. The number of imidazole rings is 2. The van der Waals surface area contributed by atoms with Crippen molar-refractivity contribution in [3.8, 4) is 0 Å². The van der Waals surface area contributed by atoms with E-state index in [1.165, 1.54) is 39.9 Å². The van der Waals surface area contributed by atoms with Crippen molar-refractivity contribution in [2.24, 2.45) is 5.92 Å². The van der Waals surface area contributed by atoms with Crippen molar-refractivity contribution in [2.45, 2.75) is 54.2 Å². The van der Waals surface area contributed by atoms with Gasteiger partial charge in [0.15, 0.2) is 23.0 Å². The van der Waals surface area contributed by atoms with Gasteiger partial charge in [0, 0.05) is 5.92 Å². The molecule has 4 aromatic rings. The van der Waals surface area contributed by atoms with Gasteiger partial charge in [-0.3, -0.25) is 32.4 Å². The largest absolute Gasteiger partial charge is 0.472 e. The number of nitrogen functional groups attached to an aromatic ring is 1. The molecule has 0 amide bonds. The zero-order chi connectivity index (χ0) is 32.5. The Hall–Kier alpha value is -2.85. The van der Waals surface area contributed by atoms with Gasteiger partial charge in [-0.15, -0.1) is 11.8 Å². The Balaban J connectivity index is 1.20. The Kier molecular flexibility index (Phi) is 8.06. The third-order valence-corrected chi connectivity index (χ3v) is 10.7. The Bertz CT molecular complexity index is 1960. The van der Waals surface area contributed by atoms with Crippen LogP contribution < -0.4 is 11.3 Å². The number of phosphoric ester groups is 2. The highest BCUT2D eigenvalue weighted by Crippen LogP contribution is 2.55. The lowest BCUT2D eigenvalue weighted by atomic mass is 10.1. The second-order valence-electron chi connectivity index (χ2n) is 10.8. The number of aromatic amines is 1. The number of rotatable bonds is 3. The topological polar surface area (TPSA) is 294 Å². The Morgan fingerprint density at radius 2 is 1.65 bits per heavy atom. The van der Waals surface area contributed by atoms with Crippen LogP contribution in [0, 0.1) is 5.92 Å². The van der Waals surface area contributed by atoms with Crippen molar-refractivity contribution in [1.29, 1.82) is 0 Å². The van der Waals surface area contributed by atoms with Crippen LogP contribution in [0.2, 0.25) is 0 Å². The summed E-state index contributed by atoms with van der Waals surface area (Å²) in [5, 5.41) is 22.9. The smallest absolute Gasteiger partial charge is 0.390 e. The van der Waals surface area contributed by atoms with Crippen molar-refractivity contribution in [1.82, 2.24) is 39.0 Å². The lowest BCUT2D eigenvalue weighted by molar-refractivity contribution is -0.0553. The third kappa shape index (κ3) is 5.57. The molecule has 6 heterocycles. The first-order valence-corrected chi connectivity index (χ1v) is 17.8. The minimum atomic E-state index is -5.02. The number of aliphatic hydroxyl groups is 2. The SMILES string of the molecule is CSc1ncnc2c1ncn2[C@@H]1O[C@@H]2COP(=O)(O)OC3C(O)[C@@H](COP(=O)(O)OC2C1O)C[C@H]3n1cnc2c(=O)[nH]c(N)nc21. The van der Waals surface area contributed by atoms with Crippen molar-refractivity contribution >= 4 is 55.7 Å². The quantitative estimate of drug-likeness (QED) is 0.0887. The molecule has 2 aliphatic heterocycles. The highest BCUT2D eigenvalue weighted by Gasteiger charge is 2.53. The first-order valence-electron chi connectivity index (χ1n) is 13.6. The lowest BCUT2D eigenvalue weighted by Crippen LogP contribution is -2.36. The molecule has 2 bridgehead atoms. The van der Waals surface area contributed by atoms with Crippen LogP contribution in [0.4, 0.5) is 5.95 Å². The van der Waals surface area contributed by atoms with E-state index in [1.54, 1.807) is 6.26 Å². The first-order chi connectivity index (χ1) is 21.9. The predicted octanol–water partition coefficient (Wildman–Crippen LogP) is -0.538. The summed E-state index contributed by atoms with van der Waals surface area (Å²) < 4.78 is 56.4. The molecule has 2 saturated heterocycles. The molecule has 24 heteroatoms. The molecule has 3 fully saturated rings. The molecule has 1 aliphatic carbocycles. The maximum Gasteiger partial charge on any atom is 0.472 e. The second-order valence-corrected chi connectivity index (χ2v) is 14.4.